The summed E-state index contributed by atoms with van der Waals surface area (Å²) in [5, 5.41) is 0. The largest absolute Gasteiger partial charge is 0.373 e. The molecular formula is C15H33NO. The highest BCUT2D eigenvalue weighted by atomic mass is 16.5. The van der Waals surface area contributed by atoms with Gasteiger partial charge in [-0.15, -0.1) is 0 Å². The lowest BCUT2D eigenvalue weighted by atomic mass is 9.77. The van der Waals surface area contributed by atoms with E-state index in [9.17, 15) is 0 Å². The van der Waals surface area contributed by atoms with E-state index in [2.05, 4.69) is 48.5 Å². The monoisotopic (exact) mass is 243 g/mol. The van der Waals surface area contributed by atoms with Crippen LogP contribution in [0.4, 0.5) is 0 Å². The average Bonchev–Trinajstić information content (AvgIpc) is 1.96. The molecule has 0 spiro atoms. The third-order valence-electron chi connectivity index (χ3n) is 3.71. The Bertz CT molecular complexity index is 219. The Kier molecular flexibility index (Phi) is 6.16. The van der Waals surface area contributed by atoms with Crippen molar-refractivity contribution in [2.75, 3.05) is 0 Å². The summed E-state index contributed by atoms with van der Waals surface area (Å²) in [6.07, 6.45) is 2.27. The van der Waals surface area contributed by atoms with Gasteiger partial charge < -0.3 is 10.5 Å². The Balaban J connectivity index is 4.31. The average molecular weight is 243 g/mol. The second-order valence-electron chi connectivity index (χ2n) is 7.22. The van der Waals surface area contributed by atoms with E-state index in [1.807, 2.05) is 6.92 Å². The second-order valence-corrected chi connectivity index (χ2v) is 7.22. The van der Waals surface area contributed by atoms with Gasteiger partial charge in [-0.25, -0.2) is 0 Å². The number of hydrogen-bond donors (Lipinski definition) is 1. The van der Waals surface area contributed by atoms with Crippen LogP contribution in [0.25, 0.3) is 0 Å². The topological polar surface area (TPSA) is 35.2 Å². The van der Waals surface area contributed by atoms with Crippen molar-refractivity contribution < 1.29 is 4.74 Å². The van der Waals surface area contributed by atoms with Crippen LogP contribution in [0, 0.1) is 11.3 Å². The number of hydrogen-bond acceptors (Lipinski definition) is 2. The van der Waals surface area contributed by atoms with Crippen molar-refractivity contribution in [1.82, 2.24) is 0 Å². The molecule has 0 radical (unpaired) electrons. The van der Waals surface area contributed by atoms with Crippen molar-refractivity contribution in [2.45, 2.75) is 86.0 Å². The van der Waals surface area contributed by atoms with Crippen LogP contribution in [0.3, 0.4) is 0 Å². The predicted octanol–water partition coefficient (Wildman–Crippen LogP) is 3.98. The maximum atomic E-state index is 6.15. The molecule has 2 unspecified atom stereocenters. The summed E-state index contributed by atoms with van der Waals surface area (Å²) in [5.74, 6) is 0.671. The maximum Gasteiger partial charge on any atom is 0.0644 e. The first kappa shape index (κ1) is 16.9. The Morgan fingerprint density at radius 2 is 1.41 bits per heavy atom. The third kappa shape index (κ3) is 7.05. The second kappa shape index (κ2) is 6.19. The molecule has 0 aliphatic carbocycles. The van der Waals surface area contributed by atoms with E-state index in [1.165, 1.54) is 0 Å². The molecule has 0 aliphatic heterocycles. The van der Waals surface area contributed by atoms with Crippen molar-refractivity contribution >= 4 is 0 Å². The smallest absolute Gasteiger partial charge is 0.0644 e. The van der Waals surface area contributed by atoms with E-state index >= 15 is 0 Å². The van der Waals surface area contributed by atoms with Gasteiger partial charge in [-0.2, -0.15) is 0 Å². The third-order valence-corrected chi connectivity index (χ3v) is 3.71. The van der Waals surface area contributed by atoms with Crippen LogP contribution >= 0.6 is 0 Å². The molecular weight excluding hydrogens is 210 g/mol. The SMILES string of the molecule is CC(N)CC(C)(C)OC(C)CC(C)(C)C(C)C. The molecule has 0 amide bonds. The molecule has 0 saturated heterocycles. The van der Waals surface area contributed by atoms with E-state index in [0.717, 1.165) is 12.8 Å². The van der Waals surface area contributed by atoms with Gasteiger partial charge in [-0.05, 0) is 51.9 Å². The van der Waals surface area contributed by atoms with Crippen molar-refractivity contribution in [1.29, 1.82) is 0 Å². The first-order chi connectivity index (χ1) is 7.46. The van der Waals surface area contributed by atoms with Crippen LogP contribution in [0.1, 0.15) is 68.2 Å². The molecule has 0 bridgehead atoms. The van der Waals surface area contributed by atoms with Gasteiger partial charge in [0.05, 0.1) is 11.7 Å². The molecule has 2 heteroatoms. The molecule has 104 valence electrons. The molecule has 2 nitrogen and oxygen atoms in total. The summed E-state index contributed by atoms with van der Waals surface area (Å²) in [4.78, 5) is 0. The van der Waals surface area contributed by atoms with E-state index in [1.54, 1.807) is 0 Å². The van der Waals surface area contributed by atoms with Gasteiger partial charge in [-0.3, -0.25) is 0 Å². The van der Waals surface area contributed by atoms with Crippen LogP contribution in [0.5, 0.6) is 0 Å². The Labute approximate surface area is 108 Å². The van der Waals surface area contributed by atoms with Gasteiger partial charge >= 0.3 is 0 Å². The zero-order valence-corrected chi connectivity index (χ0v) is 13.1. The Hall–Kier alpha value is -0.0800. The number of ether oxygens (including phenoxy) is 1. The highest BCUT2D eigenvalue weighted by Crippen LogP contribution is 2.33. The molecule has 2 atom stereocenters. The highest BCUT2D eigenvalue weighted by Gasteiger charge is 2.29. The molecule has 0 aromatic heterocycles. The summed E-state index contributed by atoms with van der Waals surface area (Å²) in [6.45, 7) is 17.7. The minimum Gasteiger partial charge on any atom is -0.373 e. The molecule has 0 saturated carbocycles. The molecule has 0 fully saturated rings. The zero-order chi connectivity index (χ0) is 13.9. The summed E-state index contributed by atoms with van der Waals surface area (Å²) in [7, 11) is 0. The minimum absolute atomic E-state index is 0.124. The van der Waals surface area contributed by atoms with Crippen molar-refractivity contribution in [3.8, 4) is 0 Å². The standard InChI is InChI=1S/C15H33NO/c1-11(2)14(5,6)10-13(4)17-15(7,8)9-12(3)16/h11-13H,9-10,16H2,1-8H3. The van der Waals surface area contributed by atoms with Crippen molar-refractivity contribution in [3.05, 3.63) is 0 Å². The summed E-state index contributed by atoms with van der Waals surface area (Å²) in [6, 6.07) is 0.190. The van der Waals surface area contributed by atoms with Crippen LogP contribution in [0.15, 0.2) is 0 Å². The quantitative estimate of drug-likeness (QED) is 0.734. The molecule has 0 heterocycles. The van der Waals surface area contributed by atoms with Crippen LogP contribution in [-0.2, 0) is 4.74 Å². The lowest BCUT2D eigenvalue weighted by Gasteiger charge is -2.36. The fourth-order valence-electron chi connectivity index (χ4n) is 2.39. The fourth-order valence-corrected chi connectivity index (χ4v) is 2.39. The Morgan fingerprint density at radius 3 is 1.76 bits per heavy atom. The van der Waals surface area contributed by atoms with Gasteiger partial charge in [0.25, 0.3) is 0 Å². The lowest BCUT2D eigenvalue weighted by Crippen LogP contribution is -2.37. The minimum atomic E-state index is -0.124. The van der Waals surface area contributed by atoms with Gasteiger partial charge in [0, 0.05) is 6.04 Å². The fraction of sp³-hybridized carbons (Fsp3) is 1.00. The van der Waals surface area contributed by atoms with E-state index in [0.29, 0.717) is 11.3 Å². The summed E-state index contributed by atoms with van der Waals surface area (Å²) < 4.78 is 6.15. The highest BCUT2D eigenvalue weighted by molar-refractivity contribution is 4.79. The van der Waals surface area contributed by atoms with Gasteiger partial charge in [0.15, 0.2) is 0 Å². The van der Waals surface area contributed by atoms with E-state index in [4.69, 9.17) is 10.5 Å². The van der Waals surface area contributed by atoms with Gasteiger partial charge in [0.2, 0.25) is 0 Å². The van der Waals surface area contributed by atoms with Crippen LogP contribution < -0.4 is 5.73 Å². The molecule has 0 aromatic rings. The zero-order valence-electron chi connectivity index (χ0n) is 13.1. The van der Waals surface area contributed by atoms with Crippen molar-refractivity contribution in [2.24, 2.45) is 17.1 Å². The van der Waals surface area contributed by atoms with E-state index < -0.39 is 0 Å². The first-order valence-electron chi connectivity index (χ1n) is 6.89. The Morgan fingerprint density at radius 1 is 0.941 bits per heavy atom. The van der Waals surface area contributed by atoms with E-state index in [-0.39, 0.29) is 17.7 Å². The lowest BCUT2D eigenvalue weighted by molar-refractivity contribution is -0.0874. The number of rotatable bonds is 7. The normalized spacial score (nSPS) is 17.3. The van der Waals surface area contributed by atoms with Crippen LogP contribution in [-0.4, -0.2) is 17.7 Å². The predicted molar refractivity (Wildman–Crippen MR) is 76.1 cm³/mol. The molecule has 0 rings (SSSR count). The number of nitrogens with two attached hydrogens (primary N) is 1. The molecule has 0 aromatic carbocycles. The molecule has 17 heavy (non-hydrogen) atoms. The maximum absolute atomic E-state index is 6.15. The first-order valence-corrected chi connectivity index (χ1v) is 6.89. The van der Waals surface area contributed by atoms with Gasteiger partial charge in [-0.1, -0.05) is 27.7 Å². The van der Waals surface area contributed by atoms with Crippen LogP contribution in [0.2, 0.25) is 0 Å². The van der Waals surface area contributed by atoms with Gasteiger partial charge in [0.1, 0.15) is 0 Å². The summed E-state index contributed by atoms with van der Waals surface area (Å²) >= 11 is 0. The molecule has 0 aliphatic rings. The van der Waals surface area contributed by atoms with Crippen molar-refractivity contribution in [3.63, 3.8) is 0 Å². The summed E-state index contributed by atoms with van der Waals surface area (Å²) in [5.41, 5.74) is 6.05. The molecule has 2 N–H and O–H groups in total.